The van der Waals surface area contributed by atoms with Gasteiger partial charge in [-0.1, -0.05) is 165 Å². The maximum absolute atomic E-state index is 14.2. The molecule has 0 radical (unpaired) electrons. The van der Waals surface area contributed by atoms with E-state index in [0.717, 1.165) is 67.2 Å². The maximum atomic E-state index is 14.2. The van der Waals surface area contributed by atoms with Gasteiger partial charge in [0.25, 0.3) is 0 Å². The summed E-state index contributed by atoms with van der Waals surface area (Å²) in [5, 5.41) is 5.98. The summed E-state index contributed by atoms with van der Waals surface area (Å²) in [7, 11) is -3.20. The van der Waals surface area contributed by atoms with Crippen LogP contribution in [-0.4, -0.2) is 98.9 Å². The first-order valence-corrected chi connectivity index (χ1v) is 30.3. The second-order valence-corrected chi connectivity index (χ2v) is 22.6. The van der Waals surface area contributed by atoms with Crippen molar-refractivity contribution in [2.24, 2.45) is 0 Å². The number of carbonyl (C=O) groups excluding carboxylic acids is 4. The molecule has 0 aromatic heterocycles. The molecule has 2 atom stereocenters. The number of esters is 2. The largest absolute Gasteiger partial charge is 0.462 e. The number of ether oxygens (including phenoxy) is 4. The van der Waals surface area contributed by atoms with Crippen molar-refractivity contribution in [2.45, 2.75) is 199 Å². The van der Waals surface area contributed by atoms with Crippen molar-refractivity contribution in [2.75, 3.05) is 57.3 Å². The lowest BCUT2D eigenvalue weighted by atomic mass is 9.98. The maximum Gasteiger partial charge on any atom is 0.407 e. The minimum absolute atomic E-state index is 0.0834. The summed E-state index contributed by atoms with van der Waals surface area (Å²) in [6.45, 7) is 9.12. The Balaban J connectivity index is 1.36. The third kappa shape index (κ3) is 23.6. The Labute approximate surface area is 431 Å². The van der Waals surface area contributed by atoms with Crippen molar-refractivity contribution in [3.8, 4) is 11.1 Å². The molecule has 2 amide bonds. The number of thioether (sulfide) groups is 1. The Hall–Kier alpha value is -3.42. The zero-order valence-corrected chi connectivity index (χ0v) is 45.5. The second-order valence-electron chi connectivity index (χ2n) is 19.4. The van der Waals surface area contributed by atoms with E-state index in [1.54, 1.807) is 13.8 Å². The number of amides is 2. The normalized spacial score (nSPS) is 14.5. The van der Waals surface area contributed by atoms with Crippen LogP contribution in [0.5, 0.6) is 0 Å². The van der Waals surface area contributed by atoms with Gasteiger partial charge in [0.05, 0.1) is 31.5 Å². The van der Waals surface area contributed by atoms with Crippen molar-refractivity contribution >= 4 is 43.3 Å². The van der Waals surface area contributed by atoms with Crippen LogP contribution in [-0.2, 0) is 46.9 Å². The molecule has 0 aliphatic heterocycles. The molecule has 13 nitrogen and oxygen atoms in total. The highest BCUT2D eigenvalue weighted by Gasteiger charge is 2.45. The fourth-order valence-electron chi connectivity index (χ4n) is 9.05. The lowest BCUT2D eigenvalue weighted by Gasteiger charge is -2.24. The van der Waals surface area contributed by atoms with E-state index in [9.17, 15) is 23.7 Å². The average molecular weight is 1030 g/mol. The monoisotopic (exact) mass is 1030 g/mol. The van der Waals surface area contributed by atoms with Gasteiger partial charge in [-0.25, -0.2) is 4.79 Å². The highest BCUT2D eigenvalue weighted by molar-refractivity contribution is 7.99. The number of alkyl carbamates (subject to hydrolysis) is 1. The molecule has 0 saturated heterocycles. The molecule has 1 saturated carbocycles. The first-order chi connectivity index (χ1) is 34.6. The predicted octanol–water partition coefficient (Wildman–Crippen LogP) is 13.2. The Morgan fingerprint density at radius 1 is 0.662 bits per heavy atom. The standard InChI is InChI=1S/C56H89N2O11PS/c1-5-9-11-13-15-17-19-21-23-34-52(59)65-40-45(69-53(60)35-24-22-20-18-16-14-12-10-6-2)42-71-43-51(54(61)58-56(36-37-56)44-64-38-29-39-70(63,67-7-3)68-8-4)57-55(62)66-41-50-48-32-27-25-30-46(48)47-31-26-28-33-49(47)50/h25-28,30-33,45,50-51H,5-24,29,34-44H2,1-4H3,(H,57,62)(H,58,61). The molecule has 4 rings (SSSR count). The molecule has 0 spiro atoms. The van der Waals surface area contributed by atoms with Crippen LogP contribution in [0.15, 0.2) is 48.5 Å². The summed E-state index contributed by atoms with van der Waals surface area (Å²) in [5.74, 6) is -0.833. The zero-order valence-electron chi connectivity index (χ0n) is 43.8. The molecule has 2 aromatic carbocycles. The van der Waals surface area contributed by atoms with E-state index in [0.29, 0.717) is 32.3 Å². The van der Waals surface area contributed by atoms with Crippen LogP contribution in [0, 0.1) is 0 Å². The summed E-state index contributed by atoms with van der Waals surface area (Å²) in [4.78, 5) is 53.9. The lowest BCUT2D eigenvalue weighted by molar-refractivity contribution is -0.157. The van der Waals surface area contributed by atoms with E-state index in [1.807, 2.05) is 24.3 Å². The van der Waals surface area contributed by atoms with Gasteiger partial charge >= 0.3 is 25.6 Å². The number of hydrogen-bond acceptors (Lipinski definition) is 12. The van der Waals surface area contributed by atoms with E-state index in [2.05, 4.69) is 48.7 Å². The van der Waals surface area contributed by atoms with Gasteiger partial charge in [0.15, 0.2) is 0 Å². The number of unbranched alkanes of at least 4 members (excludes halogenated alkanes) is 16. The molecule has 2 N–H and O–H groups in total. The van der Waals surface area contributed by atoms with Gasteiger partial charge < -0.3 is 38.6 Å². The van der Waals surface area contributed by atoms with E-state index >= 15 is 0 Å². The quantitative estimate of drug-likeness (QED) is 0.0280. The third-order valence-electron chi connectivity index (χ3n) is 13.2. The fraction of sp³-hybridized carbons (Fsp3) is 0.714. The summed E-state index contributed by atoms with van der Waals surface area (Å²) in [6, 6.07) is 15.2. The molecule has 0 bridgehead atoms. The average Bonchev–Trinajstić information content (AvgIpc) is 4.05. The van der Waals surface area contributed by atoms with E-state index < -0.39 is 37.3 Å². The van der Waals surface area contributed by atoms with Crippen molar-refractivity contribution in [3.05, 3.63) is 59.7 Å². The first-order valence-electron chi connectivity index (χ1n) is 27.4. The van der Waals surface area contributed by atoms with Crippen molar-refractivity contribution in [1.29, 1.82) is 0 Å². The molecule has 400 valence electrons. The highest BCUT2D eigenvalue weighted by Crippen LogP contribution is 2.48. The Morgan fingerprint density at radius 2 is 1.18 bits per heavy atom. The van der Waals surface area contributed by atoms with Crippen LogP contribution in [0.4, 0.5) is 4.79 Å². The van der Waals surface area contributed by atoms with Crippen LogP contribution >= 0.6 is 19.4 Å². The lowest BCUT2D eigenvalue weighted by Crippen LogP contribution is -2.53. The molecule has 2 aliphatic rings. The highest BCUT2D eigenvalue weighted by atomic mass is 32.2. The molecular weight excluding hydrogens is 940 g/mol. The van der Waals surface area contributed by atoms with Gasteiger partial charge in [-0.05, 0) is 68.2 Å². The fourth-order valence-corrected chi connectivity index (χ4v) is 11.7. The molecule has 71 heavy (non-hydrogen) atoms. The van der Waals surface area contributed by atoms with Crippen LogP contribution in [0.25, 0.3) is 11.1 Å². The van der Waals surface area contributed by atoms with Crippen molar-refractivity contribution in [1.82, 2.24) is 10.6 Å². The number of rotatable bonds is 42. The van der Waals surface area contributed by atoms with E-state index in [1.165, 1.54) is 82.4 Å². The molecular formula is C56H89N2O11PS. The Kier molecular flexibility index (Phi) is 29.6. The van der Waals surface area contributed by atoms with Crippen LogP contribution in [0.1, 0.15) is 192 Å². The number of carbonyl (C=O) groups is 4. The van der Waals surface area contributed by atoms with E-state index in [4.69, 9.17) is 28.0 Å². The zero-order chi connectivity index (χ0) is 51.0. The van der Waals surface area contributed by atoms with Crippen LogP contribution in [0.3, 0.4) is 0 Å². The van der Waals surface area contributed by atoms with Crippen LogP contribution < -0.4 is 10.6 Å². The van der Waals surface area contributed by atoms with Gasteiger partial charge in [0.1, 0.15) is 25.4 Å². The number of hydrogen-bond donors (Lipinski definition) is 2. The SMILES string of the molecule is CCCCCCCCCCCC(=O)OCC(CSCC(NC(=O)OCC1c2ccccc2-c2ccccc21)C(=O)NC1(COCCCP(=O)(OCC)OCC)CC1)OC(=O)CCCCCCCCCCC. The topological polar surface area (TPSA) is 165 Å². The predicted molar refractivity (Wildman–Crippen MR) is 285 cm³/mol. The first kappa shape index (κ1) is 60.1. The van der Waals surface area contributed by atoms with Crippen molar-refractivity contribution in [3.63, 3.8) is 0 Å². The van der Waals surface area contributed by atoms with Gasteiger partial charge in [-0.2, -0.15) is 11.8 Å². The summed E-state index contributed by atoms with van der Waals surface area (Å²) >= 11 is 1.33. The van der Waals surface area contributed by atoms with Gasteiger partial charge in [-0.3, -0.25) is 18.9 Å². The molecule has 2 unspecified atom stereocenters. The van der Waals surface area contributed by atoms with Crippen LogP contribution in [0.2, 0.25) is 0 Å². The molecule has 2 aromatic rings. The van der Waals surface area contributed by atoms with Gasteiger partial charge in [-0.15, -0.1) is 0 Å². The molecule has 15 heteroatoms. The summed E-state index contributed by atoms with van der Waals surface area (Å²) < 4.78 is 47.3. The Morgan fingerprint density at radius 3 is 1.72 bits per heavy atom. The molecule has 2 aliphatic carbocycles. The summed E-state index contributed by atoms with van der Waals surface area (Å²) in [5.41, 5.74) is 3.76. The minimum atomic E-state index is -3.20. The third-order valence-corrected chi connectivity index (χ3v) is 16.6. The number of nitrogens with one attached hydrogen (secondary N) is 2. The Bertz CT molecular complexity index is 1840. The minimum Gasteiger partial charge on any atom is -0.462 e. The smallest absolute Gasteiger partial charge is 0.407 e. The second kappa shape index (κ2) is 34.9. The van der Waals surface area contributed by atoms with Gasteiger partial charge in [0, 0.05) is 36.9 Å². The molecule has 0 heterocycles. The van der Waals surface area contributed by atoms with E-state index in [-0.39, 0.29) is 75.0 Å². The number of fused-ring (bicyclic) bond motifs is 3. The number of benzene rings is 2. The van der Waals surface area contributed by atoms with Gasteiger partial charge in [0.2, 0.25) is 5.91 Å². The molecule has 1 fully saturated rings. The van der Waals surface area contributed by atoms with Crippen molar-refractivity contribution < 1.29 is 51.7 Å². The summed E-state index contributed by atoms with van der Waals surface area (Å²) in [6.07, 6.45) is 21.6.